The number of nitrogens with one attached hydrogen (secondary N) is 1. The number of hydrogen-bond donors (Lipinski definition) is 2. The molecule has 2 aliphatic heterocycles. The van der Waals surface area contributed by atoms with Crippen molar-refractivity contribution in [1.82, 2.24) is 5.32 Å². The van der Waals surface area contributed by atoms with Crippen LogP contribution in [0.25, 0.3) is 0 Å². The first-order valence-electron chi connectivity index (χ1n) is 5.49. The summed E-state index contributed by atoms with van der Waals surface area (Å²) in [5.41, 5.74) is 0. The van der Waals surface area contributed by atoms with Gasteiger partial charge in [-0.3, -0.25) is 9.59 Å². The molecule has 2 aliphatic rings. The van der Waals surface area contributed by atoms with Gasteiger partial charge in [0.05, 0.1) is 18.1 Å². The topological polar surface area (TPSA) is 75.6 Å². The van der Waals surface area contributed by atoms with Crippen molar-refractivity contribution in [2.24, 2.45) is 11.8 Å². The monoisotopic (exact) mass is 225 g/mol. The number of fused-ring (bicyclic) bond motifs is 2. The summed E-state index contributed by atoms with van der Waals surface area (Å²) >= 11 is 0. The molecular formula is C11H15NO4. The molecule has 4 atom stereocenters. The number of carbonyl (C=O) groups excluding carboxylic acids is 1. The quantitative estimate of drug-likeness (QED) is 0.669. The molecule has 0 saturated carbocycles. The minimum Gasteiger partial charge on any atom is -0.481 e. The van der Waals surface area contributed by atoms with Gasteiger partial charge in [-0.15, -0.1) is 0 Å². The molecule has 2 heterocycles. The van der Waals surface area contributed by atoms with Crippen molar-refractivity contribution in [1.29, 1.82) is 0 Å². The second kappa shape index (κ2) is 4.25. The van der Waals surface area contributed by atoms with Crippen molar-refractivity contribution in [3.05, 3.63) is 12.2 Å². The van der Waals surface area contributed by atoms with Crippen LogP contribution in [-0.4, -0.2) is 35.7 Å². The van der Waals surface area contributed by atoms with Gasteiger partial charge in [-0.1, -0.05) is 19.1 Å². The predicted octanol–water partition coefficient (Wildman–Crippen LogP) is 0.167. The summed E-state index contributed by atoms with van der Waals surface area (Å²) in [6.07, 6.45) is 3.52. The van der Waals surface area contributed by atoms with Gasteiger partial charge < -0.3 is 15.2 Å². The highest BCUT2D eigenvalue weighted by atomic mass is 16.5. The van der Waals surface area contributed by atoms with E-state index in [1.165, 1.54) is 0 Å². The van der Waals surface area contributed by atoms with Crippen LogP contribution in [0.15, 0.2) is 12.2 Å². The van der Waals surface area contributed by atoms with E-state index in [4.69, 9.17) is 9.84 Å². The summed E-state index contributed by atoms with van der Waals surface area (Å²) in [6.45, 7) is 2.52. The third kappa shape index (κ3) is 1.71. The molecule has 0 aromatic heterocycles. The lowest BCUT2D eigenvalue weighted by molar-refractivity contribution is -0.146. The van der Waals surface area contributed by atoms with Crippen LogP contribution in [0.5, 0.6) is 0 Å². The third-order valence-electron chi connectivity index (χ3n) is 3.04. The van der Waals surface area contributed by atoms with E-state index in [-0.39, 0.29) is 12.0 Å². The number of carboxylic acids is 1. The van der Waals surface area contributed by atoms with Crippen LogP contribution >= 0.6 is 0 Å². The molecule has 1 saturated heterocycles. The van der Waals surface area contributed by atoms with E-state index < -0.39 is 23.9 Å². The summed E-state index contributed by atoms with van der Waals surface area (Å²) < 4.78 is 5.41. The van der Waals surface area contributed by atoms with Crippen LogP contribution in [0.3, 0.4) is 0 Å². The lowest BCUT2D eigenvalue weighted by atomic mass is 9.82. The van der Waals surface area contributed by atoms with E-state index in [1.54, 1.807) is 12.2 Å². The highest BCUT2D eigenvalue weighted by Gasteiger charge is 2.52. The predicted molar refractivity (Wildman–Crippen MR) is 55.7 cm³/mol. The fourth-order valence-corrected chi connectivity index (χ4v) is 2.28. The van der Waals surface area contributed by atoms with Gasteiger partial charge in [-0.2, -0.15) is 0 Å². The molecule has 0 radical (unpaired) electrons. The SMILES string of the molecule is CCCNC(=O)C1C2C=CC(O2)C1C(=O)O. The Morgan fingerprint density at radius 3 is 2.50 bits per heavy atom. The first-order valence-corrected chi connectivity index (χ1v) is 5.49. The zero-order valence-corrected chi connectivity index (χ0v) is 9.05. The molecule has 1 fully saturated rings. The molecule has 1 amide bonds. The smallest absolute Gasteiger partial charge is 0.310 e. The van der Waals surface area contributed by atoms with Gasteiger partial charge >= 0.3 is 5.97 Å². The Hall–Kier alpha value is -1.36. The minimum absolute atomic E-state index is 0.217. The highest BCUT2D eigenvalue weighted by Crippen LogP contribution is 2.39. The Bertz CT molecular complexity index is 339. The number of carboxylic acid groups (broad SMARTS) is 1. The molecule has 2 rings (SSSR count). The van der Waals surface area contributed by atoms with Crippen molar-refractivity contribution in [3.63, 3.8) is 0 Å². The normalized spacial score (nSPS) is 35.3. The first kappa shape index (κ1) is 11.1. The van der Waals surface area contributed by atoms with Gasteiger partial charge in [0.15, 0.2) is 0 Å². The van der Waals surface area contributed by atoms with Gasteiger partial charge in [0.25, 0.3) is 0 Å². The average molecular weight is 225 g/mol. The molecule has 0 aromatic rings. The molecule has 5 heteroatoms. The van der Waals surface area contributed by atoms with Gasteiger partial charge in [0.1, 0.15) is 5.92 Å². The van der Waals surface area contributed by atoms with E-state index in [0.29, 0.717) is 6.54 Å². The van der Waals surface area contributed by atoms with Crippen molar-refractivity contribution in [3.8, 4) is 0 Å². The molecule has 0 aromatic carbocycles. The van der Waals surface area contributed by atoms with Gasteiger partial charge in [0.2, 0.25) is 5.91 Å². The molecule has 2 bridgehead atoms. The van der Waals surface area contributed by atoms with Crippen molar-refractivity contribution in [2.75, 3.05) is 6.54 Å². The summed E-state index contributed by atoms with van der Waals surface area (Å²) in [7, 11) is 0. The largest absolute Gasteiger partial charge is 0.481 e. The molecule has 2 N–H and O–H groups in total. The zero-order chi connectivity index (χ0) is 11.7. The van der Waals surface area contributed by atoms with E-state index in [9.17, 15) is 9.59 Å². The zero-order valence-electron chi connectivity index (χ0n) is 9.05. The number of ether oxygens (including phenoxy) is 1. The van der Waals surface area contributed by atoms with Crippen LogP contribution in [0, 0.1) is 11.8 Å². The van der Waals surface area contributed by atoms with Crippen LogP contribution in [0.1, 0.15) is 13.3 Å². The molecule has 5 nitrogen and oxygen atoms in total. The summed E-state index contributed by atoms with van der Waals surface area (Å²) in [6, 6.07) is 0. The summed E-state index contributed by atoms with van der Waals surface area (Å²) in [5, 5.41) is 11.8. The fourth-order valence-electron chi connectivity index (χ4n) is 2.28. The number of hydrogen-bond acceptors (Lipinski definition) is 3. The minimum atomic E-state index is -0.964. The van der Waals surface area contributed by atoms with Crippen LogP contribution in [-0.2, 0) is 14.3 Å². The first-order chi connectivity index (χ1) is 7.65. The van der Waals surface area contributed by atoms with Crippen LogP contribution in [0.4, 0.5) is 0 Å². The summed E-state index contributed by atoms with van der Waals surface area (Å²) in [4.78, 5) is 22.9. The Balaban J connectivity index is 2.10. The van der Waals surface area contributed by atoms with Gasteiger partial charge in [-0.05, 0) is 6.42 Å². The lowest BCUT2D eigenvalue weighted by Gasteiger charge is -2.20. The van der Waals surface area contributed by atoms with Crippen molar-refractivity contribution in [2.45, 2.75) is 25.6 Å². The molecule has 0 spiro atoms. The molecule has 4 unspecified atom stereocenters. The number of rotatable bonds is 4. The standard InChI is InChI=1S/C11H15NO4/c1-2-5-12-10(13)8-6-3-4-7(16-6)9(8)11(14)15/h3-4,6-9H,2,5H2,1H3,(H,12,13)(H,14,15). The Labute approximate surface area is 93.5 Å². The fraction of sp³-hybridized carbons (Fsp3) is 0.636. The van der Waals surface area contributed by atoms with Crippen LogP contribution in [0.2, 0.25) is 0 Å². The Morgan fingerprint density at radius 2 is 1.94 bits per heavy atom. The van der Waals surface area contributed by atoms with E-state index in [1.807, 2.05) is 6.92 Å². The maximum atomic E-state index is 11.8. The number of carbonyl (C=O) groups is 2. The van der Waals surface area contributed by atoms with Crippen molar-refractivity contribution < 1.29 is 19.4 Å². The van der Waals surface area contributed by atoms with Crippen LogP contribution < -0.4 is 5.32 Å². The Kier molecular flexibility index (Phi) is 2.96. The Morgan fingerprint density at radius 1 is 1.31 bits per heavy atom. The van der Waals surface area contributed by atoms with Gasteiger partial charge in [-0.25, -0.2) is 0 Å². The maximum absolute atomic E-state index is 11.8. The van der Waals surface area contributed by atoms with E-state index >= 15 is 0 Å². The van der Waals surface area contributed by atoms with E-state index in [2.05, 4.69) is 5.32 Å². The second-order valence-corrected chi connectivity index (χ2v) is 4.13. The summed E-state index contributed by atoms with van der Waals surface area (Å²) in [5.74, 6) is -2.51. The molecular weight excluding hydrogens is 210 g/mol. The highest BCUT2D eigenvalue weighted by molar-refractivity contribution is 5.87. The number of aliphatic carboxylic acids is 1. The molecule has 16 heavy (non-hydrogen) atoms. The molecule has 88 valence electrons. The second-order valence-electron chi connectivity index (χ2n) is 4.13. The average Bonchev–Trinajstić information content (AvgIpc) is 2.84. The van der Waals surface area contributed by atoms with Gasteiger partial charge in [0, 0.05) is 6.54 Å². The molecule has 0 aliphatic carbocycles. The lowest BCUT2D eigenvalue weighted by Crippen LogP contribution is -2.42. The maximum Gasteiger partial charge on any atom is 0.310 e. The number of amides is 1. The third-order valence-corrected chi connectivity index (χ3v) is 3.04. The van der Waals surface area contributed by atoms with E-state index in [0.717, 1.165) is 6.42 Å². The van der Waals surface area contributed by atoms with Crippen molar-refractivity contribution >= 4 is 11.9 Å².